The van der Waals surface area contributed by atoms with Gasteiger partial charge in [-0.25, -0.2) is 10.1 Å². The second kappa shape index (κ2) is 8.62. The van der Waals surface area contributed by atoms with Crippen LogP contribution >= 0.6 is 0 Å². The van der Waals surface area contributed by atoms with E-state index in [0.717, 1.165) is 16.8 Å². The van der Waals surface area contributed by atoms with Crippen LogP contribution in [0.15, 0.2) is 113 Å². The lowest BCUT2D eigenvalue weighted by Crippen LogP contribution is -2.02. The van der Waals surface area contributed by atoms with Gasteiger partial charge in [-0.3, -0.25) is 0 Å². The van der Waals surface area contributed by atoms with Gasteiger partial charge in [0.2, 0.25) is 0 Å². The van der Waals surface area contributed by atoms with Crippen LogP contribution in [-0.2, 0) is 4.74 Å². The third-order valence-electron chi connectivity index (χ3n) is 6.13. The largest absolute Gasteiger partial charge is 0.462 e. The summed E-state index contributed by atoms with van der Waals surface area (Å²) in [6.07, 6.45) is 5.59. The number of aromatic nitrogens is 1. The van der Waals surface area contributed by atoms with E-state index in [-0.39, 0.29) is 5.70 Å². The second-order valence-corrected chi connectivity index (χ2v) is 8.11. The molecule has 0 aliphatic carbocycles. The molecule has 0 fully saturated rings. The summed E-state index contributed by atoms with van der Waals surface area (Å²) in [7, 11) is 0. The van der Waals surface area contributed by atoms with Crippen LogP contribution < -0.4 is 0 Å². The van der Waals surface area contributed by atoms with Crippen LogP contribution in [0.25, 0.3) is 38.4 Å². The Balaban J connectivity index is 1.49. The summed E-state index contributed by atoms with van der Waals surface area (Å²) in [6.45, 7) is 11.0. The maximum absolute atomic E-state index is 9.28. The van der Waals surface area contributed by atoms with Gasteiger partial charge in [-0.1, -0.05) is 54.6 Å². The van der Waals surface area contributed by atoms with Crippen LogP contribution in [0.3, 0.4) is 0 Å². The molecule has 0 radical (unpaired) electrons. The van der Waals surface area contributed by atoms with Crippen molar-refractivity contribution in [3.8, 4) is 11.8 Å². The molecule has 0 saturated heterocycles. The molecule has 1 aliphatic rings. The van der Waals surface area contributed by atoms with Crippen molar-refractivity contribution in [2.45, 2.75) is 13.8 Å². The average Bonchev–Trinajstić information content (AvgIpc) is 3.21. The predicted octanol–water partition coefficient (Wildman–Crippen LogP) is 7.70. The monoisotopic (exact) mass is 439 g/mol. The van der Waals surface area contributed by atoms with E-state index in [1.54, 1.807) is 6.08 Å². The number of nitriles is 1. The topological polar surface area (TPSA) is 42.3 Å². The van der Waals surface area contributed by atoms with Gasteiger partial charge >= 0.3 is 0 Å². The summed E-state index contributed by atoms with van der Waals surface area (Å²) in [6, 6.07) is 27.3. The van der Waals surface area contributed by atoms with Gasteiger partial charge in [0, 0.05) is 22.0 Å². The lowest BCUT2D eigenvalue weighted by Gasteiger charge is -2.18. The van der Waals surface area contributed by atoms with E-state index < -0.39 is 0 Å². The van der Waals surface area contributed by atoms with Crippen molar-refractivity contribution in [3.05, 3.63) is 130 Å². The van der Waals surface area contributed by atoms with E-state index in [4.69, 9.17) is 11.3 Å². The highest BCUT2D eigenvalue weighted by atomic mass is 16.5. The van der Waals surface area contributed by atoms with E-state index in [1.807, 2.05) is 32.1 Å². The molecule has 0 N–H and O–H groups in total. The third-order valence-corrected chi connectivity index (χ3v) is 6.13. The summed E-state index contributed by atoms with van der Waals surface area (Å²) < 4.78 is 8.16. The first-order valence-electron chi connectivity index (χ1n) is 11.0. The molecular formula is C30H21N3O. The number of hydrogen-bond donors (Lipinski definition) is 0. The first-order chi connectivity index (χ1) is 16.6. The predicted molar refractivity (Wildman–Crippen MR) is 137 cm³/mol. The maximum atomic E-state index is 9.28. The molecule has 2 heterocycles. The smallest absolute Gasteiger partial charge is 0.269 e. The molecule has 162 valence electrons. The number of rotatable bonds is 3. The van der Waals surface area contributed by atoms with Crippen LogP contribution in [0.1, 0.15) is 19.4 Å². The Hall–Kier alpha value is -4.80. The van der Waals surface area contributed by atoms with E-state index in [0.29, 0.717) is 17.1 Å². The van der Waals surface area contributed by atoms with Gasteiger partial charge in [0.15, 0.2) is 0 Å². The van der Waals surface area contributed by atoms with Gasteiger partial charge in [0.1, 0.15) is 11.5 Å². The van der Waals surface area contributed by atoms with Gasteiger partial charge in [-0.2, -0.15) is 0 Å². The summed E-state index contributed by atoms with van der Waals surface area (Å²) in [4.78, 5) is 3.35. The first kappa shape index (κ1) is 21.1. The lowest BCUT2D eigenvalue weighted by molar-refractivity contribution is 0.313. The normalized spacial score (nSPS) is 15.2. The van der Waals surface area contributed by atoms with Crippen molar-refractivity contribution < 1.29 is 4.74 Å². The molecule has 0 saturated carbocycles. The zero-order valence-electron chi connectivity index (χ0n) is 18.9. The van der Waals surface area contributed by atoms with Gasteiger partial charge in [0.25, 0.3) is 5.70 Å². The van der Waals surface area contributed by atoms with Crippen LogP contribution in [-0.4, -0.2) is 4.57 Å². The quantitative estimate of drug-likeness (QED) is 0.242. The van der Waals surface area contributed by atoms with Crippen LogP contribution in [0.5, 0.6) is 0 Å². The highest BCUT2D eigenvalue weighted by molar-refractivity contribution is 6.09. The number of benzene rings is 3. The van der Waals surface area contributed by atoms with Crippen LogP contribution in [0.2, 0.25) is 0 Å². The fraction of sp³-hybridized carbons (Fsp3) is 0.0667. The van der Waals surface area contributed by atoms with Crippen molar-refractivity contribution in [1.82, 2.24) is 4.57 Å². The minimum atomic E-state index is 0.0709. The molecule has 1 aliphatic heterocycles. The molecular weight excluding hydrogens is 418 g/mol. The second-order valence-electron chi connectivity index (χ2n) is 8.11. The molecule has 0 amide bonds. The Kier molecular flexibility index (Phi) is 5.34. The Morgan fingerprint density at radius 2 is 1.53 bits per heavy atom. The lowest BCUT2D eigenvalue weighted by atomic mass is 10.0. The molecule has 3 aromatic carbocycles. The van der Waals surface area contributed by atoms with Gasteiger partial charge in [-0.15, -0.1) is 0 Å². The Bertz CT molecular complexity index is 1580. The Labute approximate surface area is 198 Å². The molecule has 34 heavy (non-hydrogen) atoms. The number of hydrogen-bond acceptors (Lipinski definition) is 2. The van der Waals surface area contributed by atoms with E-state index in [9.17, 15) is 5.26 Å². The number of fused-ring (bicyclic) bond motifs is 3. The highest BCUT2D eigenvalue weighted by Gasteiger charge is 2.16. The summed E-state index contributed by atoms with van der Waals surface area (Å²) in [5.41, 5.74) is 5.97. The molecule has 0 bridgehead atoms. The summed E-state index contributed by atoms with van der Waals surface area (Å²) in [5.74, 6) is 1.29. The van der Waals surface area contributed by atoms with Crippen molar-refractivity contribution in [1.29, 1.82) is 5.26 Å². The molecule has 4 aromatic rings. The number of para-hydroxylation sites is 2. The van der Waals surface area contributed by atoms with Crippen molar-refractivity contribution in [2.75, 3.05) is 0 Å². The Morgan fingerprint density at radius 3 is 2.12 bits per heavy atom. The maximum Gasteiger partial charge on any atom is 0.269 e. The van der Waals surface area contributed by atoms with E-state index >= 15 is 0 Å². The summed E-state index contributed by atoms with van der Waals surface area (Å²) >= 11 is 0. The van der Waals surface area contributed by atoms with Gasteiger partial charge in [-0.05, 0) is 61.4 Å². The number of ether oxygens (including phenoxy) is 1. The minimum Gasteiger partial charge on any atom is -0.462 e. The Morgan fingerprint density at radius 1 is 0.912 bits per heavy atom. The van der Waals surface area contributed by atoms with Crippen LogP contribution in [0, 0.1) is 17.9 Å². The van der Waals surface area contributed by atoms with Crippen molar-refractivity contribution in [3.63, 3.8) is 0 Å². The fourth-order valence-electron chi connectivity index (χ4n) is 4.31. The molecule has 0 unspecified atom stereocenters. The minimum absolute atomic E-state index is 0.0709. The highest BCUT2D eigenvalue weighted by Crippen LogP contribution is 2.32. The molecule has 5 rings (SSSR count). The van der Waals surface area contributed by atoms with E-state index in [2.05, 4.69) is 82.2 Å². The molecule has 1 aromatic heterocycles. The molecule has 4 heteroatoms. The zero-order chi connectivity index (χ0) is 23.7. The SMILES string of the molecule is [C-]#[N+]/C(C#N)=C1C=C(/C=C/c2ccc(-n3c4ccccc4c4ccccc43)cc2)OC(C)=C/1C. The van der Waals surface area contributed by atoms with Crippen LogP contribution in [0.4, 0.5) is 0 Å². The first-order valence-corrected chi connectivity index (χ1v) is 11.0. The zero-order valence-corrected chi connectivity index (χ0v) is 18.9. The summed E-state index contributed by atoms with van der Waals surface area (Å²) in [5, 5.41) is 11.8. The number of nitrogens with zero attached hydrogens (tertiary/aromatic N) is 3. The van der Waals surface area contributed by atoms with Gasteiger partial charge in [0.05, 0.1) is 23.7 Å². The average molecular weight is 440 g/mol. The van der Waals surface area contributed by atoms with Gasteiger partial charge < -0.3 is 9.30 Å². The number of allylic oxidation sites excluding steroid dienone is 6. The molecule has 0 atom stereocenters. The molecule has 4 nitrogen and oxygen atoms in total. The molecule has 0 spiro atoms. The van der Waals surface area contributed by atoms with Crippen molar-refractivity contribution in [2.24, 2.45) is 0 Å². The van der Waals surface area contributed by atoms with Crippen molar-refractivity contribution >= 4 is 27.9 Å². The van der Waals surface area contributed by atoms with E-state index in [1.165, 1.54) is 21.8 Å². The standard InChI is InChI=1S/C30H21N3O/c1-20-21(2)34-24(18-27(20)28(19-31)32-3)17-14-22-12-15-23(16-13-22)33-29-10-6-4-8-25(29)26-9-5-7-11-30(26)33/h4-18H,1-2H3/b17-14+,28-27-. The third kappa shape index (κ3) is 3.58. The fourth-order valence-corrected chi connectivity index (χ4v) is 4.31.